The van der Waals surface area contributed by atoms with Gasteiger partial charge in [0.05, 0.1) is 5.92 Å². The number of halogens is 4. The number of allylic oxidation sites excluding steroid dienone is 4. The molecule has 0 aromatic rings. The summed E-state index contributed by atoms with van der Waals surface area (Å²) in [4.78, 5) is 10.0. The van der Waals surface area contributed by atoms with E-state index in [0.29, 0.717) is 0 Å². The number of rotatable bonds is 1. The van der Waals surface area contributed by atoms with E-state index >= 15 is 0 Å². The molecule has 111 valence electrons. The Bertz CT molecular complexity index is 303. The van der Waals surface area contributed by atoms with Gasteiger partial charge in [-0.3, -0.25) is 0 Å². The Balaban J connectivity index is -0.0000000550. The fourth-order valence-corrected chi connectivity index (χ4v) is 0.617. The molecule has 1 aliphatic carbocycles. The summed E-state index contributed by atoms with van der Waals surface area (Å²) >= 11 is 0. The first-order valence-corrected chi connectivity index (χ1v) is 4.06. The van der Waals surface area contributed by atoms with Gasteiger partial charge in [-0.25, -0.2) is 0 Å². The molecule has 0 amide bonds. The molecule has 10 heteroatoms. The van der Waals surface area contributed by atoms with Crippen LogP contribution < -0.4 is 0 Å². The second kappa shape index (κ2) is 26.3. The average Bonchev–Trinajstić information content (AvgIpc) is 2.44. The van der Waals surface area contributed by atoms with E-state index in [0.717, 1.165) is 18.6 Å². The fraction of sp³-hybridized carbons (Fsp3) is 0.100. The van der Waals surface area contributed by atoms with Gasteiger partial charge in [0.2, 0.25) is 0 Å². The Labute approximate surface area is 124 Å². The van der Waals surface area contributed by atoms with Gasteiger partial charge in [-0.2, -0.15) is 0 Å². The molecule has 0 saturated carbocycles. The molecule has 1 radical (unpaired) electrons. The molecule has 0 bridgehead atoms. The number of aldehydes is 1. The van der Waals surface area contributed by atoms with Crippen LogP contribution in [0.3, 0.4) is 0 Å². The second-order valence-electron chi connectivity index (χ2n) is 2.18. The summed E-state index contributed by atoms with van der Waals surface area (Å²) in [6.07, 6.45) is 9.27. The third-order valence-electron chi connectivity index (χ3n) is 1.06. The fourth-order valence-electron chi connectivity index (χ4n) is 0.617. The van der Waals surface area contributed by atoms with Crippen LogP contribution >= 0.6 is 0 Å². The molecule has 0 N–H and O–H groups in total. The van der Waals surface area contributed by atoms with Crippen LogP contribution in [0.4, 0.5) is 17.3 Å². The van der Waals surface area contributed by atoms with Crippen molar-refractivity contribution in [3.8, 4) is 0 Å². The normalized spacial score (nSPS) is 10.9. The number of hydrogen-bond donors (Lipinski definition) is 0. The molecule has 0 atom stereocenters. The molecule has 1 aliphatic rings. The van der Waals surface area contributed by atoms with Crippen molar-refractivity contribution in [2.24, 2.45) is 0 Å². The molecule has 0 heterocycles. The molecule has 0 unspecified atom stereocenters. The summed E-state index contributed by atoms with van der Waals surface area (Å²) in [6.45, 7) is 13.5. The minimum Gasteiger partial charge on any atom is 0 e. The molecule has 20 heavy (non-hydrogen) atoms. The zero-order chi connectivity index (χ0) is 16.3. The Morgan fingerprint density at radius 2 is 1.35 bits per heavy atom. The van der Waals surface area contributed by atoms with Crippen molar-refractivity contribution < 1.29 is 53.1 Å². The summed E-state index contributed by atoms with van der Waals surface area (Å²) < 4.78 is 61.5. The standard InChI is InChI=1S/C7H7O.3CO.BF4.Fe/c8-6-7-4-2-1-3-5-7;3*1-2;2-1(3,4)5;/h1-4,6H,5H2;;;;;/q;;;;-1;. The summed E-state index contributed by atoms with van der Waals surface area (Å²) in [5.74, 6) is 0.854. The van der Waals surface area contributed by atoms with E-state index in [9.17, 15) is 22.1 Å². The first-order valence-electron chi connectivity index (χ1n) is 4.06. The Morgan fingerprint density at radius 1 is 1.00 bits per heavy atom. The van der Waals surface area contributed by atoms with Crippen molar-refractivity contribution in [1.29, 1.82) is 0 Å². The SMILES string of the molecule is F[B-](F)(F)F.O=C[C]1C=CC=CC1.[C-]#[O+].[C-]#[O+].[C-]#[O+].[Fe]. The predicted octanol–water partition coefficient (Wildman–Crippen LogP) is 2.46. The minimum atomic E-state index is -6.00. The summed E-state index contributed by atoms with van der Waals surface area (Å²) in [7, 11) is -6.00. The first kappa shape index (κ1) is 31.2. The van der Waals surface area contributed by atoms with Crippen molar-refractivity contribution in [1.82, 2.24) is 0 Å². The predicted molar refractivity (Wildman–Crippen MR) is 54.2 cm³/mol. The molecular formula is C10H7BF4FeO4-. The monoisotopic (exact) mass is 334 g/mol. The maximum Gasteiger partial charge on any atom is 0 e. The minimum absolute atomic E-state index is 0. The Hall–Kier alpha value is -1.33. The van der Waals surface area contributed by atoms with E-state index in [-0.39, 0.29) is 17.1 Å². The summed E-state index contributed by atoms with van der Waals surface area (Å²) in [5.41, 5.74) is 0. The Kier molecular flexibility index (Phi) is 41.0. The maximum atomic E-state index is 10.0. The van der Waals surface area contributed by atoms with Gasteiger partial charge in [0.15, 0.2) is 0 Å². The van der Waals surface area contributed by atoms with Gasteiger partial charge in [0.25, 0.3) is 0 Å². The van der Waals surface area contributed by atoms with Crippen LogP contribution in [-0.4, -0.2) is 13.5 Å². The van der Waals surface area contributed by atoms with Crippen molar-refractivity contribution >= 4 is 13.5 Å². The van der Waals surface area contributed by atoms with Gasteiger partial charge >= 0.3 is 41.2 Å². The number of carbonyl (C=O) groups is 1. The van der Waals surface area contributed by atoms with E-state index in [1.54, 1.807) is 0 Å². The van der Waals surface area contributed by atoms with Crippen molar-refractivity contribution in [2.75, 3.05) is 0 Å². The topological polar surface area (TPSA) is 76.8 Å². The van der Waals surface area contributed by atoms with Crippen LogP contribution in [0.2, 0.25) is 0 Å². The van der Waals surface area contributed by atoms with E-state index in [1.165, 1.54) is 0 Å². The van der Waals surface area contributed by atoms with Crippen LogP contribution in [0.25, 0.3) is 0 Å². The van der Waals surface area contributed by atoms with Crippen LogP contribution in [0.5, 0.6) is 0 Å². The van der Waals surface area contributed by atoms with E-state index in [4.69, 9.17) is 14.0 Å². The molecule has 0 saturated heterocycles. The van der Waals surface area contributed by atoms with Gasteiger partial charge in [-0.15, -0.1) is 0 Å². The third kappa shape index (κ3) is 54.4. The largest absolute Gasteiger partial charge is 0 e. The zero-order valence-corrected chi connectivity index (χ0v) is 10.8. The molecule has 0 aromatic carbocycles. The van der Waals surface area contributed by atoms with Gasteiger partial charge in [0, 0.05) is 17.1 Å². The van der Waals surface area contributed by atoms with E-state index in [1.807, 2.05) is 24.3 Å². The molecule has 0 spiro atoms. The summed E-state index contributed by atoms with van der Waals surface area (Å²) in [6, 6.07) is 0. The quantitative estimate of drug-likeness (QED) is 0.239. The molecule has 0 fully saturated rings. The summed E-state index contributed by atoms with van der Waals surface area (Å²) in [5, 5.41) is 0. The molecule has 4 nitrogen and oxygen atoms in total. The zero-order valence-electron chi connectivity index (χ0n) is 9.67. The molecule has 1 rings (SSSR count). The van der Waals surface area contributed by atoms with Crippen LogP contribution in [0.15, 0.2) is 24.3 Å². The van der Waals surface area contributed by atoms with Gasteiger partial charge in [-0.1, -0.05) is 24.3 Å². The van der Waals surface area contributed by atoms with E-state index < -0.39 is 7.25 Å². The van der Waals surface area contributed by atoms with Crippen LogP contribution in [-0.2, 0) is 35.8 Å². The second-order valence-corrected chi connectivity index (χ2v) is 2.18. The third-order valence-corrected chi connectivity index (χ3v) is 1.06. The van der Waals surface area contributed by atoms with Gasteiger partial charge in [-0.05, 0) is 6.42 Å². The van der Waals surface area contributed by atoms with Crippen LogP contribution in [0, 0.1) is 25.9 Å². The van der Waals surface area contributed by atoms with Crippen molar-refractivity contribution in [3.05, 3.63) is 50.2 Å². The Morgan fingerprint density at radius 3 is 1.50 bits per heavy atom. The average molecular weight is 334 g/mol. The van der Waals surface area contributed by atoms with Crippen molar-refractivity contribution in [2.45, 2.75) is 6.42 Å². The van der Waals surface area contributed by atoms with Gasteiger partial charge < -0.3 is 22.1 Å². The van der Waals surface area contributed by atoms with Crippen LogP contribution in [0.1, 0.15) is 6.42 Å². The number of hydrogen-bond acceptors (Lipinski definition) is 1. The number of carbonyl (C=O) groups excluding carboxylic acids is 1. The van der Waals surface area contributed by atoms with E-state index in [2.05, 4.69) is 20.0 Å². The first-order chi connectivity index (χ1) is 8.93. The maximum absolute atomic E-state index is 10.0. The van der Waals surface area contributed by atoms with Crippen molar-refractivity contribution in [3.63, 3.8) is 0 Å². The molecule has 0 aliphatic heterocycles. The smallest absolute Gasteiger partial charge is 0 e. The molecular weight excluding hydrogens is 327 g/mol. The van der Waals surface area contributed by atoms with Gasteiger partial charge in [0.1, 0.15) is 6.29 Å². The molecule has 0 aromatic heterocycles.